The quantitative estimate of drug-likeness (QED) is 0.608. The van der Waals surface area contributed by atoms with E-state index in [4.69, 9.17) is 0 Å². The molecule has 0 heterocycles. The van der Waals surface area contributed by atoms with Crippen LogP contribution in [0.4, 0.5) is 0 Å². The van der Waals surface area contributed by atoms with Gasteiger partial charge in [0.05, 0.1) is 6.54 Å². The maximum Gasteiger partial charge on any atom is 0.234 e. The molecule has 0 saturated carbocycles. The molecule has 0 fully saturated rings. The van der Waals surface area contributed by atoms with Gasteiger partial charge in [0, 0.05) is 12.6 Å². The van der Waals surface area contributed by atoms with Gasteiger partial charge in [0.15, 0.2) is 0 Å². The van der Waals surface area contributed by atoms with Gasteiger partial charge < -0.3 is 10.6 Å². The molecule has 0 rings (SSSR count). The van der Waals surface area contributed by atoms with Crippen LogP contribution >= 0.6 is 0 Å². The molecular formula is C11H22N2O. The van der Waals surface area contributed by atoms with Crippen molar-refractivity contribution < 1.29 is 4.79 Å². The highest BCUT2D eigenvalue weighted by Crippen LogP contribution is 1.93. The minimum Gasteiger partial charge on any atom is -0.353 e. The topological polar surface area (TPSA) is 41.1 Å². The number of rotatable bonds is 7. The Kier molecular flexibility index (Phi) is 7.11. The first-order valence-electron chi connectivity index (χ1n) is 5.20. The number of carbonyl (C=O) groups excluding carboxylic acids is 1. The monoisotopic (exact) mass is 198 g/mol. The summed E-state index contributed by atoms with van der Waals surface area (Å²) in [5.41, 5.74) is 1.04. The summed E-state index contributed by atoms with van der Waals surface area (Å²) in [6.07, 6.45) is 2.13. The number of carbonyl (C=O) groups is 1. The highest BCUT2D eigenvalue weighted by Gasteiger charge is 2.04. The summed E-state index contributed by atoms with van der Waals surface area (Å²) in [4.78, 5) is 11.3. The van der Waals surface area contributed by atoms with E-state index >= 15 is 0 Å². The standard InChI is InChI=1S/C11H22N2O/c1-5-6-10(4)13-11(14)8-12-7-9(2)3/h10,12H,2,5-8H2,1,3-4H3,(H,13,14). The molecule has 3 heteroatoms. The Morgan fingerprint density at radius 3 is 2.57 bits per heavy atom. The van der Waals surface area contributed by atoms with Crippen molar-refractivity contribution in [1.82, 2.24) is 10.6 Å². The van der Waals surface area contributed by atoms with Crippen LogP contribution in [-0.2, 0) is 4.79 Å². The second-order valence-electron chi connectivity index (χ2n) is 3.82. The van der Waals surface area contributed by atoms with Crippen molar-refractivity contribution in [2.75, 3.05) is 13.1 Å². The number of hydrogen-bond acceptors (Lipinski definition) is 2. The lowest BCUT2D eigenvalue weighted by molar-refractivity contribution is -0.120. The van der Waals surface area contributed by atoms with Crippen molar-refractivity contribution in [3.05, 3.63) is 12.2 Å². The lowest BCUT2D eigenvalue weighted by Gasteiger charge is -2.12. The second kappa shape index (κ2) is 7.56. The predicted molar refractivity (Wildman–Crippen MR) is 60.2 cm³/mol. The van der Waals surface area contributed by atoms with E-state index in [1.165, 1.54) is 0 Å². The third-order valence-electron chi connectivity index (χ3n) is 1.84. The highest BCUT2D eigenvalue weighted by molar-refractivity contribution is 5.78. The Hall–Kier alpha value is -0.830. The van der Waals surface area contributed by atoms with Crippen LogP contribution in [-0.4, -0.2) is 25.0 Å². The normalized spacial score (nSPS) is 12.2. The molecule has 0 aliphatic carbocycles. The second-order valence-corrected chi connectivity index (χ2v) is 3.82. The molecule has 2 N–H and O–H groups in total. The fourth-order valence-corrected chi connectivity index (χ4v) is 1.22. The summed E-state index contributed by atoms with van der Waals surface area (Å²) in [6, 6.07) is 0.277. The van der Waals surface area contributed by atoms with Crippen LogP contribution in [0.2, 0.25) is 0 Å². The average molecular weight is 198 g/mol. The summed E-state index contributed by atoms with van der Waals surface area (Å²) >= 11 is 0. The number of hydrogen-bond donors (Lipinski definition) is 2. The zero-order valence-electron chi connectivity index (χ0n) is 9.52. The van der Waals surface area contributed by atoms with Gasteiger partial charge in [0.25, 0.3) is 0 Å². The van der Waals surface area contributed by atoms with Gasteiger partial charge >= 0.3 is 0 Å². The fourth-order valence-electron chi connectivity index (χ4n) is 1.22. The minimum absolute atomic E-state index is 0.0622. The van der Waals surface area contributed by atoms with Gasteiger partial charge in [-0.3, -0.25) is 4.79 Å². The summed E-state index contributed by atoms with van der Waals surface area (Å²) in [7, 11) is 0. The molecule has 0 bridgehead atoms. The number of nitrogens with one attached hydrogen (secondary N) is 2. The first-order chi connectivity index (χ1) is 6.56. The van der Waals surface area contributed by atoms with Crippen LogP contribution in [0, 0.1) is 0 Å². The van der Waals surface area contributed by atoms with Crippen LogP contribution in [0.3, 0.4) is 0 Å². The average Bonchev–Trinajstić information content (AvgIpc) is 2.03. The molecule has 82 valence electrons. The molecule has 0 radical (unpaired) electrons. The Bertz CT molecular complexity index is 190. The summed E-state index contributed by atoms with van der Waals surface area (Å²) in [5.74, 6) is 0.0622. The SMILES string of the molecule is C=C(C)CNCC(=O)NC(C)CCC. The van der Waals surface area contributed by atoms with E-state index in [9.17, 15) is 4.79 Å². The lowest BCUT2D eigenvalue weighted by Crippen LogP contribution is -2.39. The van der Waals surface area contributed by atoms with E-state index in [1.807, 2.05) is 13.8 Å². The van der Waals surface area contributed by atoms with Crippen molar-refractivity contribution in [3.63, 3.8) is 0 Å². The van der Waals surface area contributed by atoms with E-state index in [0.29, 0.717) is 13.1 Å². The van der Waals surface area contributed by atoms with Crippen LogP contribution in [0.15, 0.2) is 12.2 Å². The summed E-state index contributed by atoms with van der Waals surface area (Å²) < 4.78 is 0. The van der Waals surface area contributed by atoms with Gasteiger partial charge in [-0.15, -0.1) is 0 Å². The molecule has 0 saturated heterocycles. The first kappa shape index (κ1) is 13.2. The summed E-state index contributed by atoms with van der Waals surface area (Å²) in [6.45, 7) is 10.9. The van der Waals surface area contributed by atoms with E-state index in [0.717, 1.165) is 18.4 Å². The smallest absolute Gasteiger partial charge is 0.234 e. The largest absolute Gasteiger partial charge is 0.353 e. The molecule has 1 atom stereocenters. The molecule has 1 unspecified atom stereocenters. The lowest BCUT2D eigenvalue weighted by atomic mass is 10.2. The third kappa shape index (κ3) is 7.80. The molecule has 0 spiro atoms. The van der Waals surface area contributed by atoms with Crippen LogP contribution in [0.5, 0.6) is 0 Å². The molecule has 0 aromatic carbocycles. The van der Waals surface area contributed by atoms with Gasteiger partial charge in [-0.05, 0) is 20.3 Å². The zero-order valence-corrected chi connectivity index (χ0v) is 9.52. The van der Waals surface area contributed by atoms with Crippen LogP contribution < -0.4 is 10.6 Å². The maximum absolute atomic E-state index is 11.3. The molecule has 0 aromatic heterocycles. The molecule has 0 aliphatic rings. The molecule has 3 nitrogen and oxygen atoms in total. The third-order valence-corrected chi connectivity index (χ3v) is 1.84. The van der Waals surface area contributed by atoms with Crippen molar-refractivity contribution in [2.24, 2.45) is 0 Å². The molecule has 1 amide bonds. The molecule has 14 heavy (non-hydrogen) atoms. The summed E-state index contributed by atoms with van der Waals surface area (Å²) in [5, 5.41) is 5.94. The fraction of sp³-hybridized carbons (Fsp3) is 0.727. The maximum atomic E-state index is 11.3. The minimum atomic E-state index is 0.0622. The Balaban J connectivity index is 3.50. The van der Waals surface area contributed by atoms with Gasteiger partial charge in [0.1, 0.15) is 0 Å². The van der Waals surface area contributed by atoms with E-state index < -0.39 is 0 Å². The van der Waals surface area contributed by atoms with Crippen molar-refractivity contribution in [3.8, 4) is 0 Å². The van der Waals surface area contributed by atoms with Crippen molar-refractivity contribution in [2.45, 2.75) is 39.7 Å². The van der Waals surface area contributed by atoms with Gasteiger partial charge in [0.2, 0.25) is 5.91 Å². The van der Waals surface area contributed by atoms with E-state index in [-0.39, 0.29) is 11.9 Å². The Labute approximate surface area is 87.0 Å². The van der Waals surface area contributed by atoms with E-state index in [2.05, 4.69) is 24.1 Å². The van der Waals surface area contributed by atoms with Crippen LogP contribution in [0.1, 0.15) is 33.6 Å². The predicted octanol–water partition coefficient (Wildman–Crippen LogP) is 1.46. The van der Waals surface area contributed by atoms with Crippen LogP contribution in [0.25, 0.3) is 0 Å². The zero-order chi connectivity index (χ0) is 11.0. The van der Waals surface area contributed by atoms with Crippen molar-refractivity contribution in [1.29, 1.82) is 0 Å². The van der Waals surface area contributed by atoms with E-state index in [1.54, 1.807) is 0 Å². The number of amides is 1. The Morgan fingerprint density at radius 1 is 1.43 bits per heavy atom. The first-order valence-corrected chi connectivity index (χ1v) is 5.20. The van der Waals surface area contributed by atoms with Gasteiger partial charge in [-0.1, -0.05) is 25.5 Å². The molecule has 0 aromatic rings. The molecular weight excluding hydrogens is 176 g/mol. The molecule has 0 aliphatic heterocycles. The highest BCUT2D eigenvalue weighted by atomic mass is 16.1. The Morgan fingerprint density at radius 2 is 2.07 bits per heavy atom. The van der Waals surface area contributed by atoms with Gasteiger partial charge in [-0.2, -0.15) is 0 Å². The van der Waals surface area contributed by atoms with Crippen molar-refractivity contribution >= 4 is 5.91 Å². The van der Waals surface area contributed by atoms with Gasteiger partial charge in [-0.25, -0.2) is 0 Å².